The summed E-state index contributed by atoms with van der Waals surface area (Å²) in [5.74, 6) is -0.587. The molecule has 1 aromatic rings. The molecule has 0 bridgehead atoms. The minimum absolute atomic E-state index is 0.0189. The molecule has 0 atom stereocenters. The Balaban J connectivity index is 2.38. The maximum Gasteiger partial charge on any atom is 0.147 e. The number of nitrogens with two attached hydrogens (primary N) is 1. The third-order valence-electron chi connectivity index (χ3n) is 2.44. The van der Waals surface area contributed by atoms with Gasteiger partial charge in [-0.25, -0.2) is 4.39 Å². The monoisotopic (exact) mass is 207 g/mol. The van der Waals surface area contributed by atoms with Gasteiger partial charge in [0.05, 0.1) is 23.0 Å². The van der Waals surface area contributed by atoms with E-state index in [0.29, 0.717) is 18.8 Å². The van der Waals surface area contributed by atoms with Gasteiger partial charge in [0.25, 0.3) is 0 Å². The molecule has 0 unspecified atom stereocenters. The van der Waals surface area contributed by atoms with E-state index in [0.717, 1.165) is 6.07 Å². The Morgan fingerprint density at radius 1 is 1.53 bits per heavy atom. The number of nitrogens with zero attached hydrogens (tertiary/aromatic N) is 2. The van der Waals surface area contributed by atoms with Crippen LogP contribution in [0.4, 0.5) is 15.8 Å². The van der Waals surface area contributed by atoms with Crippen LogP contribution in [-0.2, 0) is 0 Å². The minimum atomic E-state index is -0.587. The largest absolute Gasteiger partial charge is 0.396 e. The highest BCUT2D eigenvalue weighted by Gasteiger charge is 2.27. The molecule has 0 aliphatic carbocycles. The first-order valence-corrected chi connectivity index (χ1v) is 4.54. The zero-order valence-corrected chi connectivity index (χ0v) is 7.94. The fourth-order valence-electron chi connectivity index (χ4n) is 1.58. The third kappa shape index (κ3) is 1.60. The Morgan fingerprint density at radius 2 is 2.20 bits per heavy atom. The molecular weight excluding hydrogens is 197 g/mol. The molecule has 15 heavy (non-hydrogen) atoms. The quantitative estimate of drug-likeness (QED) is 0.656. The fraction of sp³-hybridized carbons (Fsp3) is 0.300. The summed E-state index contributed by atoms with van der Waals surface area (Å²) in [7, 11) is 0. The molecule has 1 aromatic carbocycles. The van der Waals surface area contributed by atoms with E-state index in [1.807, 2.05) is 6.07 Å². The van der Waals surface area contributed by atoms with Crippen molar-refractivity contribution in [3.63, 3.8) is 0 Å². The smallest absolute Gasteiger partial charge is 0.147 e. The van der Waals surface area contributed by atoms with Gasteiger partial charge in [0.2, 0.25) is 0 Å². The van der Waals surface area contributed by atoms with E-state index in [-0.39, 0.29) is 17.4 Å². The Labute approximate surface area is 86.3 Å². The van der Waals surface area contributed by atoms with Gasteiger partial charge in [0.15, 0.2) is 0 Å². The van der Waals surface area contributed by atoms with Crippen LogP contribution in [0.1, 0.15) is 5.56 Å². The second-order valence-corrected chi connectivity index (χ2v) is 3.56. The molecule has 2 rings (SSSR count). The number of nitriles is 1. The van der Waals surface area contributed by atoms with Crippen molar-refractivity contribution in [2.75, 3.05) is 23.7 Å². The number of rotatable bonds is 1. The lowest BCUT2D eigenvalue weighted by atomic mass is 10.1. The Kier molecular flexibility index (Phi) is 2.21. The first kappa shape index (κ1) is 9.74. The number of hydrogen-bond acceptors (Lipinski definition) is 4. The molecule has 3 N–H and O–H groups in total. The highest BCUT2D eigenvalue weighted by Crippen LogP contribution is 2.28. The van der Waals surface area contributed by atoms with Gasteiger partial charge in [-0.05, 0) is 12.1 Å². The lowest BCUT2D eigenvalue weighted by Gasteiger charge is -2.38. The number of anilines is 2. The number of hydrogen-bond donors (Lipinski definition) is 2. The molecule has 0 saturated carbocycles. The first-order valence-electron chi connectivity index (χ1n) is 4.54. The van der Waals surface area contributed by atoms with E-state index in [1.54, 1.807) is 4.90 Å². The van der Waals surface area contributed by atoms with Gasteiger partial charge in [-0.2, -0.15) is 5.26 Å². The predicted molar refractivity (Wildman–Crippen MR) is 53.7 cm³/mol. The average Bonchev–Trinajstić information content (AvgIpc) is 2.17. The van der Waals surface area contributed by atoms with Gasteiger partial charge in [0, 0.05) is 13.1 Å². The van der Waals surface area contributed by atoms with Crippen LogP contribution in [0.25, 0.3) is 0 Å². The van der Waals surface area contributed by atoms with E-state index in [9.17, 15) is 4.39 Å². The molecule has 1 aliphatic rings. The number of aliphatic hydroxyl groups excluding tert-OH is 1. The lowest BCUT2D eigenvalue weighted by molar-refractivity contribution is 0.142. The SMILES string of the molecule is N#Cc1cc(F)c(N)cc1N1CC(O)C1. The number of halogens is 1. The molecule has 5 heteroatoms. The molecule has 4 nitrogen and oxygen atoms in total. The van der Waals surface area contributed by atoms with Gasteiger partial charge in [-0.1, -0.05) is 0 Å². The molecule has 0 amide bonds. The summed E-state index contributed by atoms with van der Waals surface area (Å²) in [6.45, 7) is 0.916. The van der Waals surface area contributed by atoms with Crippen molar-refractivity contribution in [2.24, 2.45) is 0 Å². The van der Waals surface area contributed by atoms with Crippen LogP contribution in [0.15, 0.2) is 12.1 Å². The molecule has 0 aromatic heterocycles. The standard InChI is InChI=1S/C10H10FN3O/c11-8-1-6(3-12)10(2-9(8)13)14-4-7(15)5-14/h1-2,7,15H,4-5,13H2. The molecule has 1 fully saturated rings. The summed E-state index contributed by atoms with van der Waals surface area (Å²) < 4.78 is 13.1. The maximum atomic E-state index is 13.1. The molecule has 0 spiro atoms. The normalized spacial score (nSPS) is 15.9. The van der Waals surface area contributed by atoms with Gasteiger partial charge in [-0.15, -0.1) is 0 Å². The van der Waals surface area contributed by atoms with Gasteiger partial charge in [-0.3, -0.25) is 0 Å². The van der Waals surface area contributed by atoms with E-state index >= 15 is 0 Å². The summed E-state index contributed by atoms with van der Waals surface area (Å²) in [6.07, 6.45) is -0.372. The van der Waals surface area contributed by atoms with Crippen LogP contribution >= 0.6 is 0 Å². The molecular formula is C10H10FN3O. The van der Waals surface area contributed by atoms with E-state index < -0.39 is 5.82 Å². The highest BCUT2D eigenvalue weighted by molar-refractivity contribution is 5.67. The van der Waals surface area contributed by atoms with Crippen LogP contribution in [0, 0.1) is 17.1 Å². The highest BCUT2D eigenvalue weighted by atomic mass is 19.1. The second kappa shape index (κ2) is 3.41. The van der Waals surface area contributed by atoms with E-state index in [4.69, 9.17) is 16.1 Å². The van der Waals surface area contributed by atoms with Crippen molar-refractivity contribution < 1.29 is 9.50 Å². The van der Waals surface area contributed by atoms with Crippen molar-refractivity contribution in [3.8, 4) is 6.07 Å². The topological polar surface area (TPSA) is 73.3 Å². The van der Waals surface area contributed by atoms with Crippen LogP contribution in [0.2, 0.25) is 0 Å². The summed E-state index contributed by atoms with van der Waals surface area (Å²) in [6, 6.07) is 4.46. The van der Waals surface area contributed by atoms with Crippen LogP contribution in [0.5, 0.6) is 0 Å². The predicted octanol–water partition coefficient (Wildman–Crippen LogP) is 0.460. The molecule has 78 valence electrons. The zero-order valence-electron chi connectivity index (χ0n) is 7.94. The van der Waals surface area contributed by atoms with Crippen molar-refractivity contribution in [2.45, 2.75) is 6.10 Å². The number of nitrogen functional groups attached to an aromatic ring is 1. The minimum Gasteiger partial charge on any atom is -0.396 e. The fourth-order valence-corrected chi connectivity index (χ4v) is 1.58. The van der Waals surface area contributed by atoms with Crippen LogP contribution < -0.4 is 10.6 Å². The Morgan fingerprint density at radius 3 is 2.73 bits per heavy atom. The first-order chi connectivity index (χ1) is 7.11. The van der Waals surface area contributed by atoms with Gasteiger partial charge >= 0.3 is 0 Å². The van der Waals surface area contributed by atoms with Gasteiger partial charge < -0.3 is 15.7 Å². The van der Waals surface area contributed by atoms with Gasteiger partial charge in [0.1, 0.15) is 11.9 Å². The lowest BCUT2D eigenvalue weighted by Crippen LogP contribution is -2.51. The van der Waals surface area contributed by atoms with E-state index in [1.165, 1.54) is 6.07 Å². The Hall–Kier alpha value is -1.80. The Bertz CT molecular complexity index is 435. The maximum absolute atomic E-state index is 13.1. The van der Waals surface area contributed by atoms with Crippen molar-refractivity contribution >= 4 is 11.4 Å². The van der Waals surface area contributed by atoms with Crippen LogP contribution in [0.3, 0.4) is 0 Å². The second-order valence-electron chi connectivity index (χ2n) is 3.56. The van der Waals surface area contributed by atoms with E-state index in [2.05, 4.69) is 0 Å². The number of aliphatic hydroxyl groups is 1. The van der Waals surface area contributed by atoms with Crippen molar-refractivity contribution in [1.29, 1.82) is 5.26 Å². The molecule has 1 heterocycles. The number of benzene rings is 1. The third-order valence-corrected chi connectivity index (χ3v) is 2.44. The molecule has 1 aliphatic heterocycles. The van der Waals surface area contributed by atoms with Crippen LogP contribution in [-0.4, -0.2) is 24.3 Å². The summed E-state index contributed by atoms with van der Waals surface area (Å²) in [5.41, 5.74) is 6.27. The zero-order chi connectivity index (χ0) is 11.0. The summed E-state index contributed by atoms with van der Waals surface area (Å²) >= 11 is 0. The van der Waals surface area contributed by atoms with Crippen molar-refractivity contribution in [3.05, 3.63) is 23.5 Å². The summed E-state index contributed by atoms with van der Waals surface area (Å²) in [5, 5.41) is 18.0. The summed E-state index contributed by atoms with van der Waals surface area (Å²) in [4.78, 5) is 1.79. The van der Waals surface area contributed by atoms with Crippen molar-refractivity contribution in [1.82, 2.24) is 0 Å². The average molecular weight is 207 g/mol. The number of β-amino-alcohol motifs (C(OH)–C–C–N with tert-alkyl or cyclic N) is 1. The molecule has 0 radical (unpaired) electrons. The molecule has 1 saturated heterocycles.